The first-order valence-corrected chi connectivity index (χ1v) is 6.40. The Labute approximate surface area is 114 Å². The van der Waals surface area contributed by atoms with Crippen LogP contribution in [0.2, 0.25) is 0 Å². The molecule has 92 valence electrons. The van der Waals surface area contributed by atoms with Gasteiger partial charge in [0, 0.05) is 26.5 Å². The minimum Gasteiger partial charge on any atom is -0.357 e. The molecule has 0 radical (unpaired) electrons. The van der Waals surface area contributed by atoms with Gasteiger partial charge in [-0.2, -0.15) is 5.26 Å². The molecule has 1 aromatic carbocycles. The van der Waals surface area contributed by atoms with Crippen LogP contribution < -0.4 is 5.43 Å². The predicted octanol–water partition coefficient (Wildman–Crippen LogP) is 3.46. The van der Waals surface area contributed by atoms with Gasteiger partial charge in [0.05, 0.1) is 0 Å². The van der Waals surface area contributed by atoms with E-state index in [2.05, 4.69) is 20.9 Å². The molecule has 0 fully saturated rings. The highest BCUT2D eigenvalue weighted by Gasteiger charge is 2.22. The number of H-pyrrole nitrogens is 1. The Kier molecular flexibility index (Phi) is 3.04. The fraction of sp³-hybridized carbons (Fsp3) is 0.286. The van der Waals surface area contributed by atoms with Gasteiger partial charge in [0.15, 0.2) is 0 Å². The summed E-state index contributed by atoms with van der Waals surface area (Å²) in [6.07, 6.45) is 0. The minimum absolute atomic E-state index is 0.202. The third-order valence-electron chi connectivity index (χ3n) is 2.82. The molecule has 0 amide bonds. The molecule has 0 aliphatic carbocycles. The van der Waals surface area contributed by atoms with Crippen LogP contribution in [0.4, 0.5) is 0 Å². The number of halogens is 1. The van der Waals surface area contributed by atoms with Gasteiger partial charge >= 0.3 is 0 Å². The number of nitrogens with one attached hydrogen (secondary N) is 1. The Morgan fingerprint density at radius 2 is 2.00 bits per heavy atom. The van der Waals surface area contributed by atoms with E-state index < -0.39 is 0 Å². The maximum Gasteiger partial charge on any atom is 0.207 e. The van der Waals surface area contributed by atoms with Crippen molar-refractivity contribution in [1.29, 1.82) is 5.26 Å². The van der Waals surface area contributed by atoms with Crippen LogP contribution in [-0.2, 0) is 5.41 Å². The van der Waals surface area contributed by atoms with Gasteiger partial charge in [-0.15, -0.1) is 0 Å². The molecule has 0 saturated carbocycles. The minimum atomic E-state index is -0.272. The van der Waals surface area contributed by atoms with Crippen LogP contribution in [0, 0.1) is 11.3 Å². The van der Waals surface area contributed by atoms with Gasteiger partial charge in [-0.25, -0.2) is 0 Å². The lowest BCUT2D eigenvalue weighted by Crippen LogP contribution is -2.22. The lowest BCUT2D eigenvalue weighted by molar-refractivity contribution is 0.569. The third kappa shape index (κ3) is 2.06. The highest BCUT2D eigenvalue weighted by Crippen LogP contribution is 2.25. The Bertz CT molecular complexity index is 717. The topological polar surface area (TPSA) is 56.6 Å². The van der Waals surface area contributed by atoms with Crippen LogP contribution in [0.3, 0.4) is 0 Å². The second kappa shape index (κ2) is 4.25. The van der Waals surface area contributed by atoms with E-state index in [0.29, 0.717) is 11.1 Å². The van der Waals surface area contributed by atoms with Crippen LogP contribution in [0.15, 0.2) is 27.5 Å². The monoisotopic (exact) mass is 304 g/mol. The molecule has 0 atom stereocenters. The second-order valence-corrected chi connectivity index (χ2v) is 6.17. The number of nitriles is 1. The van der Waals surface area contributed by atoms with Crippen LogP contribution in [0.5, 0.6) is 0 Å². The number of aromatic amines is 1. The molecular formula is C14H13BrN2O. The Balaban J connectivity index is 2.97. The number of benzene rings is 1. The SMILES string of the molecule is CC(C)(C)c1[nH]c2ccc(Br)cc2c(=O)c1C#N. The number of fused-ring (bicyclic) bond motifs is 1. The molecule has 1 aromatic heterocycles. The van der Waals surface area contributed by atoms with Crippen LogP contribution in [0.1, 0.15) is 32.0 Å². The van der Waals surface area contributed by atoms with Gasteiger partial charge in [0.2, 0.25) is 5.43 Å². The first-order chi connectivity index (χ1) is 8.34. The highest BCUT2D eigenvalue weighted by atomic mass is 79.9. The smallest absolute Gasteiger partial charge is 0.207 e. The quantitative estimate of drug-likeness (QED) is 0.810. The summed E-state index contributed by atoms with van der Waals surface area (Å²) in [6, 6.07) is 7.48. The average Bonchev–Trinajstić information content (AvgIpc) is 2.28. The number of nitrogens with zero attached hydrogens (tertiary/aromatic N) is 1. The maximum absolute atomic E-state index is 12.3. The molecule has 0 aliphatic rings. The molecule has 0 saturated heterocycles. The maximum atomic E-state index is 12.3. The van der Waals surface area contributed by atoms with Gasteiger partial charge < -0.3 is 4.98 Å². The van der Waals surface area contributed by atoms with Crippen molar-refractivity contribution >= 4 is 26.8 Å². The first-order valence-electron chi connectivity index (χ1n) is 5.60. The average molecular weight is 305 g/mol. The van der Waals surface area contributed by atoms with Crippen molar-refractivity contribution in [3.05, 3.63) is 44.2 Å². The van der Waals surface area contributed by atoms with Crippen molar-refractivity contribution < 1.29 is 0 Å². The van der Waals surface area contributed by atoms with E-state index in [0.717, 1.165) is 9.99 Å². The van der Waals surface area contributed by atoms with Crippen LogP contribution in [0.25, 0.3) is 10.9 Å². The summed E-state index contributed by atoms with van der Waals surface area (Å²) in [5.41, 5.74) is 1.16. The first kappa shape index (κ1) is 12.8. The van der Waals surface area contributed by atoms with Crippen molar-refractivity contribution in [2.75, 3.05) is 0 Å². The summed E-state index contributed by atoms with van der Waals surface area (Å²) in [5.74, 6) is 0. The van der Waals surface area contributed by atoms with Crippen molar-refractivity contribution in [3.63, 3.8) is 0 Å². The Morgan fingerprint density at radius 1 is 1.33 bits per heavy atom. The van der Waals surface area contributed by atoms with E-state index in [9.17, 15) is 10.1 Å². The zero-order valence-corrected chi connectivity index (χ0v) is 12.1. The molecule has 18 heavy (non-hydrogen) atoms. The number of aromatic nitrogens is 1. The van der Waals surface area contributed by atoms with Gasteiger partial charge in [-0.05, 0) is 18.2 Å². The summed E-state index contributed by atoms with van der Waals surface area (Å²) in [7, 11) is 0. The van der Waals surface area contributed by atoms with E-state index in [1.165, 1.54) is 0 Å². The van der Waals surface area contributed by atoms with E-state index in [1.54, 1.807) is 6.07 Å². The molecule has 4 heteroatoms. The lowest BCUT2D eigenvalue weighted by atomic mass is 9.88. The van der Waals surface area contributed by atoms with E-state index in [4.69, 9.17) is 0 Å². The van der Waals surface area contributed by atoms with Crippen molar-refractivity contribution in [3.8, 4) is 6.07 Å². The van der Waals surface area contributed by atoms with Crippen LogP contribution >= 0.6 is 15.9 Å². The molecule has 2 rings (SSSR count). The molecular weight excluding hydrogens is 292 g/mol. The van der Waals surface area contributed by atoms with E-state index >= 15 is 0 Å². The second-order valence-electron chi connectivity index (χ2n) is 5.26. The normalized spacial score (nSPS) is 11.5. The lowest BCUT2D eigenvalue weighted by Gasteiger charge is -2.20. The fourth-order valence-electron chi connectivity index (χ4n) is 1.93. The zero-order chi connectivity index (χ0) is 13.5. The molecule has 0 bridgehead atoms. The van der Waals surface area contributed by atoms with Crippen LogP contribution in [-0.4, -0.2) is 4.98 Å². The van der Waals surface area contributed by atoms with Gasteiger partial charge in [0.1, 0.15) is 11.6 Å². The highest BCUT2D eigenvalue weighted by molar-refractivity contribution is 9.10. The number of rotatable bonds is 0. The summed E-state index contributed by atoms with van der Waals surface area (Å²) >= 11 is 3.34. The van der Waals surface area contributed by atoms with E-state index in [1.807, 2.05) is 39.0 Å². The number of hydrogen-bond donors (Lipinski definition) is 1. The predicted molar refractivity (Wildman–Crippen MR) is 75.7 cm³/mol. The third-order valence-corrected chi connectivity index (χ3v) is 3.32. The van der Waals surface area contributed by atoms with Gasteiger partial charge in [0.25, 0.3) is 0 Å². The summed E-state index contributed by atoms with van der Waals surface area (Å²) in [5, 5.41) is 9.75. The molecule has 0 aliphatic heterocycles. The molecule has 0 spiro atoms. The van der Waals surface area contributed by atoms with Crippen molar-refractivity contribution in [2.45, 2.75) is 26.2 Å². The summed E-state index contributed by atoms with van der Waals surface area (Å²) in [4.78, 5) is 15.5. The van der Waals surface area contributed by atoms with E-state index in [-0.39, 0.29) is 16.4 Å². The van der Waals surface area contributed by atoms with Gasteiger partial charge in [-0.3, -0.25) is 4.79 Å². The summed E-state index contributed by atoms with van der Waals surface area (Å²) in [6.45, 7) is 5.93. The molecule has 1 N–H and O–H groups in total. The fourth-order valence-corrected chi connectivity index (χ4v) is 2.29. The molecule has 0 unspecified atom stereocenters. The zero-order valence-electron chi connectivity index (χ0n) is 10.5. The Morgan fingerprint density at radius 3 is 2.56 bits per heavy atom. The number of pyridine rings is 1. The molecule has 2 aromatic rings. The summed E-state index contributed by atoms with van der Waals surface area (Å²) < 4.78 is 0.827. The Hall–Kier alpha value is -1.60. The molecule has 3 nitrogen and oxygen atoms in total. The molecule has 1 heterocycles. The standard InChI is InChI=1S/C14H13BrN2O/c1-14(2,3)13-10(7-16)12(18)9-6-8(15)4-5-11(9)17-13/h4-6H,1-3H3,(H,17,18). The van der Waals surface area contributed by atoms with Crippen molar-refractivity contribution in [1.82, 2.24) is 4.98 Å². The van der Waals surface area contributed by atoms with Crippen molar-refractivity contribution in [2.24, 2.45) is 0 Å². The largest absolute Gasteiger partial charge is 0.357 e. The van der Waals surface area contributed by atoms with Gasteiger partial charge in [-0.1, -0.05) is 36.7 Å². The number of hydrogen-bond acceptors (Lipinski definition) is 2.